The Morgan fingerprint density at radius 1 is 0.882 bits per heavy atom. The predicted molar refractivity (Wildman–Crippen MR) is 66.9 cm³/mol. The molecule has 3 unspecified atom stereocenters. The van der Waals surface area contributed by atoms with E-state index in [0.717, 1.165) is 0 Å². The number of aliphatic hydroxyl groups excluding tert-OH is 3. The van der Waals surface area contributed by atoms with Crippen molar-refractivity contribution in [3.8, 4) is 0 Å². The maximum atomic E-state index is 8.66. The number of rotatable bonds is 8. The predicted octanol–water partition coefficient (Wildman–Crippen LogP) is 0.334. The summed E-state index contributed by atoms with van der Waals surface area (Å²) >= 11 is 0. The first kappa shape index (κ1) is 18.9. The largest absolute Gasteiger partial charge is 0.391 e. The van der Waals surface area contributed by atoms with Gasteiger partial charge in [-0.15, -0.1) is 6.58 Å². The van der Waals surface area contributed by atoms with Crippen molar-refractivity contribution in [2.45, 2.75) is 39.1 Å². The molecule has 0 saturated carbocycles. The van der Waals surface area contributed by atoms with E-state index in [2.05, 4.69) is 6.58 Å². The zero-order valence-corrected chi connectivity index (χ0v) is 11.0. The Morgan fingerprint density at radius 3 is 1.53 bits per heavy atom. The molecule has 0 amide bonds. The summed E-state index contributed by atoms with van der Waals surface area (Å²) in [4.78, 5) is 0. The van der Waals surface area contributed by atoms with Crippen LogP contribution in [0.1, 0.15) is 20.8 Å². The van der Waals surface area contributed by atoms with Gasteiger partial charge in [-0.25, -0.2) is 0 Å². The zero-order chi connectivity index (χ0) is 13.7. The van der Waals surface area contributed by atoms with Gasteiger partial charge in [0.15, 0.2) is 0 Å². The van der Waals surface area contributed by atoms with Gasteiger partial charge in [-0.3, -0.25) is 0 Å². The van der Waals surface area contributed by atoms with Gasteiger partial charge in [0, 0.05) is 0 Å². The van der Waals surface area contributed by atoms with Crippen LogP contribution >= 0.6 is 0 Å². The van der Waals surface area contributed by atoms with Crippen LogP contribution in [0.2, 0.25) is 0 Å². The van der Waals surface area contributed by atoms with Gasteiger partial charge in [-0.2, -0.15) is 0 Å². The molecule has 0 spiro atoms. The van der Waals surface area contributed by atoms with E-state index in [-0.39, 0.29) is 6.10 Å². The molecule has 0 fully saturated rings. The molecule has 0 aromatic rings. The number of hydrogen-bond donors (Lipinski definition) is 3. The molecule has 0 heterocycles. The average molecular weight is 250 g/mol. The Kier molecular flexibility index (Phi) is 15.1. The fraction of sp³-hybridized carbons (Fsp3) is 0.833. The molecule has 0 saturated heterocycles. The minimum atomic E-state index is -0.441. The van der Waals surface area contributed by atoms with Crippen LogP contribution in [0, 0.1) is 0 Å². The quantitative estimate of drug-likeness (QED) is 0.427. The summed E-state index contributed by atoms with van der Waals surface area (Å²) in [6.45, 7) is 9.92. The molecule has 0 aliphatic rings. The van der Waals surface area contributed by atoms with Crippen LogP contribution in [0.3, 0.4) is 0 Å². The van der Waals surface area contributed by atoms with Gasteiger partial charge in [-0.05, 0) is 20.8 Å². The molecule has 3 atom stereocenters. The van der Waals surface area contributed by atoms with Gasteiger partial charge in [0.2, 0.25) is 0 Å². The average Bonchev–Trinajstić information content (AvgIpc) is 2.17. The molecule has 5 heteroatoms. The number of hydrogen-bond acceptors (Lipinski definition) is 5. The molecule has 0 bridgehead atoms. The van der Waals surface area contributed by atoms with Gasteiger partial charge < -0.3 is 24.8 Å². The van der Waals surface area contributed by atoms with Crippen molar-refractivity contribution in [1.29, 1.82) is 0 Å². The van der Waals surface area contributed by atoms with Crippen molar-refractivity contribution in [2.75, 3.05) is 26.4 Å². The van der Waals surface area contributed by atoms with E-state index in [4.69, 9.17) is 24.8 Å². The first-order chi connectivity index (χ1) is 7.90. The first-order valence-electron chi connectivity index (χ1n) is 5.70. The van der Waals surface area contributed by atoms with Crippen molar-refractivity contribution in [1.82, 2.24) is 0 Å². The van der Waals surface area contributed by atoms with Crippen LogP contribution in [-0.2, 0) is 9.47 Å². The van der Waals surface area contributed by atoms with Crippen LogP contribution in [0.4, 0.5) is 0 Å². The summed E-state index contributed by atoms with van der Waals surface area (Å²) in [6, 6.07) is 0. The summed E-state index contributed by atoms with van der Waals surface area (Å²) < 4.78 is 9.73. The van der Waals surface area contributed by atoms with E-state index in [0.29, 0.717) is 26.4 Å². The van der Waals surface area contributed by atoms with Crippen molar-refractivity contribution in [3.05, 3.63) is 12.7 Å². The Labute approximate surface area is 104 Å². The Balaban J connectivity index is 0. The Morgan fingerprint density at radius 2 is 1.24 bits per heavy atom. The fourth-order valence-corrected chi connectivity index (χ4v) is 0.731. The highest BCUT2D eigenvalue weighted by atomic mass is 16.5. The zero-order valence-electron chi connectivity index (χ0n) is 11.0. The lowest BCUT2D eigenvalue weighted by molar-refractivity contribution is 0.00392. The van der Waals surface area contributed by atoms with Crippen molar-refractivity contribution in [3.63, 3.8) is 0 Å². The lowest BCUT2D eigenvalue weighted by atomic mass is 10.4. The molecule has 104 valence electrons. The van der Waals surface area contributed by atoms with Crippen LogP contribution in [-0.4, -0.2) is 60.1 Å². The smallest absolute Gasteiger partial charge is 0.0745 e. The summed E-state index contributed by atoms with van der Waals surface area (Å²) in [6.07, 6.45) is 0.407. The highest BCUT2D eigenvalue weighted by Crippen LogP contribution is 1.85. The third-order valence-electron chi connectivity index (χ3n) is 1.31. The highest BCUT2D eigenvalue weighted by molar-refractivity contribution is 4.63. The SMILES string of the molecule is C=CCOCC(C)O.CC(O)COCC(C)O. The van der Waals surface area contributed by atoms with Gasteiger partial charge in [0.1, 0.15) is 0 Å². The summed E-state index contributed by atoms with van der Waals surface area (Å²) in [5.74, 6) is 0. The van der Waals surface area contributed by atoms with E-state index in [1.54, 1.807) is 26.8 Å². The minimum absolute atomic E-state index is 0.297. The third kappa shape index (κ3) is 25.6. The maximum Gasteiger partial charge on any atom is 0.0745 e. The minimum Gasteiger partial charge on any atom is -0.391 e. The van der Waals surface area contributed by atoms with Gasteiger partial charge >= 0.3 is 0 Å². The van der Waals surface area contributed by atoms with Crippen LogP contribution < -0.4 is 0 Å². The summed E-state index contributed by atoms with van der Waals surface area (Å²) in [5, 5.41) is 25.9. The molecule has 0 aromatic carbocycles. The normalized spacial score (nSPS) is 15.4. The van der Waals surface area contributed by atoms with Crippen molar-refractivity contribution >= 4 is 0 Å². The second kappa shape index (κ2) is 13.6. The monoisotopic (exact) mass is 250 g/mol. The lowest BCUT2D eigenvalue weighted by Crippen LogP contribution is -2.16. The molecule has 0 aliphatic carbocycles. The van der Waals surface area contributed by atoms with E-state index in [9.17, 15) is 0 Å². The molecule has 0 rings (SSSR count). The summed E-state index contributed by atoms with van der Waals surface area (Å²) in [7, 11) is 0. The van der Waals surface area contributed by atoms with Gasteiger partial charge in [0.05, 0.1) is 44.7 Å². The number of aliphatic hydroxyl groups is 3. The van der Waals surface area contributed by atoms with Gasteiger partial charge in [-0.1, -0.05) is 6.08 Å². The molecule has 0 radical (unpaired) electrons. The molecule has 0 aromatic heterocycles. The second-order valence-corrected chi connectivity index (χ2v) is 3.91. The molecular formula is C12H26O5. The van der Waals surface area contributed by atoms with E-state index >= 15 is 0 Å². The maximum absolute atomic E-state index is 8.66. The van der Waals surface area contributed by atoms with E-state index in [1.165, 1.54) is 0 Å². The first-order valence-corrected chi connectivity index (χ1v) is 5.70. The third-order valence-corrected chi connectivity index (χ3v) is 1.31. The fourth-order valence-electron chi connectivity index (χ4n) is 0.731. The second-order valence-electron chi connectivity index (χ2n) is 3.91. The summed E-state index contributed by atoms with van der Waals surface area (Å²) in [5.41, 5.74) is 0. The molecule has 5 nitrogen and oxygen atoms in total. The Bertz CT molecular complexity index is 149. The highest BCUT2D eigenvalue weighted by Gasteiger charge is 1.97. The topological polar surface area (TPSA) is 79.2 Å². The molecule has 3 N–H and O–H groups in total. The van der Waals surface area contributed by atoms with E-state index in [1.807, 2.05) is 0 Å². The molecule has 0 aliphatic heterocycles. The lowest BCUT2D eigenvalue weighted by Gasteiger charge is -2.06. The van der Waals surface area contributed by atoms with Crippen LogP contribution in [0.15, 0.2) is 12.7 Å². The van der Waals surface area contributed by atoms with Gasteiger partial charge in [0.25, 0.3) is 0 Å². The Hall–Kier alpha value is -0.460. The van der Waals surface area contributed by atoms with Crippen LogP contribution in [0.5, 0.6) is 0 Å². The van der Waals surface area contributed by atoms with Crippen molar-refractivity contribution < 1.29 is 24.8 Å². The van der Waals surface area contributed by atoms with E-state index < -0.39 is 12.2 Å². The molecule has 17 heavy (non-hydrogen) atoms. The van der Waals surface area contributed by atoms with Crippen LogP contribution in [0.25, 0.3) is 0 Å². The number of ether oxygens (including phenoxy) is 2. The molecular weight excluding hydrogens is 224 g/mol. The van der Waals surface area contributed by atoms with Crippen molar-refractivity contribution in [2.24, 2.45) is 0 Å². The standard InChI is InChI=1S/C6H14O3.C6H12O2/c1-5(7)3-9-4-6(2)8;1-3-4-8-5-6(2)7/h5-8H,3-4H2,1-2H3;3,6-7H,1,4-5H2,2H3.